The Hall–Kier alpha value is -3.02. The van der Waals surface area contributed by atoms with Gasteiger partial charge in [-0.25, -0.2) is 4.79 Å². The van der Waals surface area contributed by atoms with Crippen LogP contribution in [0.4, 0.5) is 4.79 Å². The Labute approximate surface area is 158 Å². The van der Waals surface area contributed by atoms with Crippen LogP contribution in [0.2, 0.25) is 0 Å². The smallest absolute Gasteiger partial charge is 0.322 e. The monoisotopic (exact) mass is 368 g/mol. The molecule has 0 spiro atoms. The number of nitrogens with one attached hydrogen (secondary N) is 2. The molecule has 2 aromatic rings. The summed E-state index contributed by atoms with van der Waals surface area (Å²) in [7, 11) is 0. The Morgan fingerprint density at radius 3 is 2.33 bits per heavy atom. The summed E-state index contributed by atoms with van der Waals surface area (Å²) < 4.78 is 6.09. The lowest BCUT2D eigenvalue weighted by molar-refractivity contribution is -0.120. The van der Waals surface area contributed by atoms with Crippen molar-refractivity contribution in [3.63, 3.8) is 0 Å². The van der Waals surface area contributed by atoms with Crippen molar-refractivity contribution in [1.82, 2.24) is 10.6 Å². The normalized spacial score (nSPS) is 16.4. The van der Waals surface area contributed by atoms with E-state index in [9.17, 15) is 14.7 Å². The molecule has 0 aromatic heterocycles. The molecular formula is C21H24N2O4. The van der Waals surface area contributed by atoms with E-state index in [0.717, 1.165) is 28.0 Å². The van der Waals surface area contributed by atoms with Gasteiger partial charge in [-0.05, 0) is 54.7 Å². The Balaban J connectivity index is 1.82. The fourth-order valence-electron chi connectivity index (χ4n) is 3.33. The van der Waals surface area contributed by atoms with Gasteiger partial charge in [-0.2, -0.15) is 0 Å². The average molecular weight is 368 g/mol. The number of rotatable bonds is 5. The number of hydrogen-bond donors (Lipinski definition) is 3. The molecule has 1 saturated heterocycles. The van der Waals surface area contributed by atoms with E-state index in [1.165, 1.54) is 0 Å². The van der Waals surface area contributed by atoms with Gasteiger partial charge in [0.05, 0.1) is 0 Å². The topological polar surface area (TPSA) is 87.7 Å². The fraction of sp³-hybridized carbons (Fsp3) is 0.333. The van der Waals surface area contributed by atoms with E-state index in [1.54, 1.807) is 12.1 Å². The van der Waals surface area contributed by atoms with Gasteiger partial charge >= 0.3 is 6.03 Å². The lowest BCUT2D eigenvalue weighted by Gasteiger charge is -2.16. The predicted molar refractivity (Wildman–Crippen MR) is 102 cm³/mol. The molecule has 1 fully saturated rings. The third-order valence-electron chi connectivity index (χ3n) is 4.66. The van der Waals surface area contributed by atoms with Gasteiger partial charge in [0.2, 0.25) is 0 Å². The van der Waals surface area contributed by atoms with Gasteiger partial charge in [-0.15, -0.1) is 0 Å². The summed E-state index contributed by atoms with van der Waals surface area (Å²) in [6, 6.07) is 8.16. The molecule has 1 aliphatic rings. The van der Waals surface area contributed by atoms with Crippen LogP contribution in [0.3, 0.4) is 0 Å². The summed E-state index contributed by atoms with van der Waals surface area (Å²) >= 11 is 0. The van der Waals surface area contributed by atoms with Crippen LogP contribution >= 0.6 is 0 Å². The predicted octanol–water partition coefficient (Wildman–Crippen LogP) is 3.68. The molecule has 0 radical (unpaired) electrons. The molecule has 0 aliphatic carbocycles. The van der Waals surface area contributed by atoms with E-state index < -0.39 is 12.1 Å². The molecule has 0 bridgehead atoms. The van der Waals surface area contributed by atoms with E-state index >= 15 is 0 Å². The van der Waals surface area contributed by atoms with Gasteiger partial charge in [0, 0.05) is 12.0 Å². The van der Waals surface area contributed by atoms with Gasteiger partial charge in [0.25, 0.3) is 5.91 Å². The summed E-state index contributed by atoms with van der Waals surface area (Å²) in [6.07, 6.45) is 0.427. The second-order valence-corrected chi connectivity index (χ2v) is 7.26. The minimum absolute atomic E-state index is 0.186. The standard InChI is InChI=1S/C21H24N2O4/c1-11(2)16-10-15(5-6-18(16)24)27-19-12(3)7-14(8-13(19)4)9-17-20(25)23-21(26)22-17/h5-8,10-11,17,24H,9H2,1-4H3,(H2,22,23,25,26). The molecular weight excluding hydrogens is 344 g/mol. The third kappa shape index (κ3) is 4.05. The van der Waals surface area contributed by atoms with E-state index in [0.29, 0.717) is 12.2 Å². The number of phenols is 1. The first-order valence-electron chi connectivity index (χ1n) is 8.97. The molecule has 142 valence electrons. The van der Waals surface area contributed by atoms with Crippen LogP contribution < -0.4 is 15.4 Å². The minimum atomic E-state index is -0.547. The van der Waals surface area contributed by atoms with Gasteiger partial charge in [0.1, 0.15) is 23.3 Å². The van der Waals surface area contributed by atoms with Crippen LogP contribution in [-0.4, -0.2) is 23.1 Å². The number of phenolic OH excluding ortho intramolecular Hbond substituents is 1. The number of hydrogen-bond acceptors (Lipinski definition) is 4. The van der Waals surface area contributed by atoms with Gasteiger partial charge in [-0.1, -0.05) is 26.0 Å². The zero-order valence-corrected chi connectivity index (χ0v) is 15.9. The first kappa shape index (κ1) is 18.8. The lowest BCUT2D eigenvalue weighted by atomic mass is 10.00. The molecule has 27 heavy (non-hydrogen) atoms. The van der Waals surface area contributed by atoms with Crippen LogP contribution in [0.25, 0.3) is 0 Å². The summed E-state index contributed by atoms with van der Waals surface area (Å²) in [5, 5.41) is 14.8. The van der Waals surface area contributed by atoms with Crippen molar-refractivity contribution in [2.75, 3.05) is 0 Å². The third-order valence-corrected chi connectivity index (χ3v) is 4.66. The van der Waals surface area contributed by atoms with Crippen LogP contribution in [0.1, 0.15) is 42.0 Å². The number of carbonyl (C=O) groups is 2. The molecule has 3 N–H and O–H groups in total. The first-order valence-corrected chi connectivity index (χ1v) is 8.97. The first-order chi connectivity index (χ1) is 12.7. The van der Waals surface area contributed by atoms with E-state index in [1.807, 2.05) is 45.9 Å². The fourth-order valence-corrected chi connectivity index (χ4v) is 3.33. The van der Waals surface area contributed by atoms with Crippen molar-refractivity contribution >= 4 is 11.9 Å². The summed E-state index contributed by atoms with van der Waals surface area (Å²) in [4.78, 5) is 23.0. The van der Waals surface area contributed by atoms with Gasteiger partial charge < -0.3 is 15.2 Å². The van der Waals surface area contributed by atoms with Gasteiger partial charge in [-0.3, -0.25) is 10.1 Å². The maximum Gasteiger partial charge on any atom is 0.322 e. The minimum Gasteiger partial charge on any atom is -0.508 e. The summed E-state index contributed by atoms with van der Waals surface area (Å²) in [5.74, 6) is 1.56. The van der Waals surface area contributed by atoms with Crippen molar-refractivity contribution in [3.8, 4) is 17.2 Å². The summed E-state index contributed by atoms with van der Waals surface area (Å²) in [6.45, 7) is 7.93. The Morgan fingerprint density at radius 1 is 1.11 bits per heavy atom. The van der Waals surface area contributed by atoms with Crippen LogP contribution in [0.5, 0.6) is 17.2 Å². The molecule has 1 aliphatic heterocycles. The maximum atomic E-state index is 11.7. The number of amides is 3. The van der Waals surface area contributed by atoms with E-state index in [-0.39, 0.29) is 17.6 Å². The average Bonchev–Trinajstić information content (AvgIpc) is 2.89. The van der Waals surface area contributed by atoms with Crippen molar-refractivity contribution in [2.24, 2.45) is 0 Å². The molecule has 2 aromatic carbocycles. The second kappa shape index (κ2) is 7.31. The van der Waals surface area contributed by atoms with E-state index in [4.69, 9.17) is 4.74 Å². The SMILES string of the molecule is Cc1cc(CC2NC(=O)NC2=O)cc(C)c1Oc1ccc(O)c(C(C)C)c1. The van der Waals surface area contributed by atoms with Crippen molar-refractivity contribution in [2.45, 2.75) is 46.1 Å². The van der Waals surface area contributed by atoms with Crippen LogP contribution in [0, 0.1) is 13.8 Å². The number of benzene rings is 2. The summed E-state index contributed by atoms with van der Waals surface area (Å²) in [5.41, 5.74) is 3.67. The Morgan fingerprint density at radius 2 is 1.78 bits per heavy atom. The number of aromatic hydroxyl groups is 1. The number of aryl methyl sites for hydroxylation is 2. The maximum absolute atomic E-state index is 11.7. The molecule has 6 heteroatoms. The quantitative estimate of drug-likeness (QED) is 0.703. The lowest BCUT2D eigenvalue weighted by Crippen LogP contribution is -2.31. The molecule has 1 unspecified atom stereocenters. The Bertz CT molecular complexity index is 882. The molecule has 1 atom stereocenters. The van der Waals surface area contributed by atoms with Crippen molar-refractivity contribution in [3.05, 3.63) is 52.6 Å². The highest BCUT2D eigenvalue weighted by atomic mass is 16.5. The zero-order chi connectivity index (χ0) is 19.7. The largest absolute Gasteiger partial charge is 0.508 e. The molecule has 6 nitrogen and oxygen atoms in total. The van der Waals surface area contributed by atoms with Crippen molar-refractivity contribution < 1.29 is 19.4 Å². The zero-order valence-electron chi connectivity index (χ0n) is 15.9. The highest BCUT2D eigenvalue weighted by molar-refractivity contribution is 6.04. The molecule has 0 saturated carbocycles. The van der Waals surface area contributed by atoms with Crippen molar-refractivity contribution in [1.29, 1.82) is 0 Å². The number of carbonyl (C=O) groups excluding carboxylic acids is 2. The number of ether oxygens (including phenoxy) is 1. The van der Waals surface area contributed by atoms with Crippen LogP contribution in [0.15, 0.2) is 30.3 Å². The molecule has 1 heterocycles. The van der Waals surface area contributed by atoms with E-state index in [2.05, 4.69) is 10.6 Å². The highest BCUT2D eigenvalue weighted by Gasteiger charge is 2.29. The highest BCUT2D eigenvalue weighted by Crippen LogP contribution is 2.34. The second-order valence-electron chi connectivity index (χ2n) is 7.26. The Kier molecular flexibility index (Phi) is 5.08. The number of urea groups is 1. The molecule has 3 rings (SSSR count). The number of imide groups is 1. The van der Waals surface area contributed by atoms with Gasteiger partial charge in [0.15, 0.2) is 0 Å². The molecule has 3 amide bonds. The van der Waals surface area contributed by atoms with Crippen LogP contribution in [-0.2, 0) is 11.2 Å².